The van der Waals surface area contributed by atoms with Crippen LogP contribution in [-0.4, -0.2) is 26.1 Å². The van der Waals surface area contributed by atoms with Gasteiger partial charge in [-0.2, -0.15) is 0 Å². The third kappa shape index (κ3) is 5.61. The molecule has 0 amide bonds. The van der Waals surface area contributed by atoms with Gasteiger partial charge in [0.2, 0.25) is 0 Å². The van der Waals surface area contributed by atoms with Gasteiger partial charge in [-0.05, 0) is 12.0 Å². The van der Waals surface area contributed by atoms with E-state index in [1.54, 1.807) is 7.11 Å². The Morgan fingerprint density at radius 1 is 1.29 bits per heavy atom. The van der Waals surface area contributed by atoms with E-state index in [4.69, 9.17) is 9.47 Å². The molecule has 17 heavy (non-hydrogen) atoms. The van der Waals surface area contributed by atoms with Gasteiger partial charge in [0, 0.05) is 13.0 Å². The Hall–Kier alpha value is -1.19. The van der Waals surface area contributed by atoms with Gasteiger partial charge >= 0.3 is 0 Å². The van der Waals surface area contributed by atoms with Gasteiger partial charge in [-0.15, -0.1) is 0 Å². The maximum absolute atomic E-state index is 10.6. The Kier molecular flexibility index (Phi) is 6.51. The highest BCUT2D eigenvalue weighted by Gasteiger charge is 2.12. The zero-order valence-corrected chi connectivity index (χ0v) is 10.5. The predicted molar refractivity (Wildman–Crippen MR) is 66.7 cm³/mol. The second kappa shape index (κ2) is 7.98. The molecule has 1 aromatic rings. The Labute approximate surface area is 103 Å². The van der Waals surface area contributed by atoms with Crippen molar-refractivity contribution in [1.29, 1.82) is 0 Å². The standard InChI is InChI=1S/C14H20O3/c1-12(9-15)8-14(16-2)11-17-10-13-6-4-3-5-7-13/h3-7,9,12,14H,8,10-11H2,1-2H3. The normalized spacial score (nSPS) is 14.2. The van der Waals surface area contributed by atoms with Crippen LogP contribution in [0.2, 0.25) is 0 Å². The molecule has 0 aliphatic carbocycles. The highest BCUT2D eigenvalue weighted by atomic mass is 16.5. The van der Waals surface area contributed by atoms with Crippen LogP contribution in [0.4, 0.5) is 0 Å². The minimum Gasteiger partial charge on any atom is -0.379 e. The van der Waals surface area contributed by atoms with Crippen LogP contribution in [0, 0.1) is 5.92 Å². The third-order valence-electron chi connectivity index (χ3n) is 2.62. The SMILES string of the molecule is COC(COCc1ccccc1)CC(C)C=O. The maximum atomic E-state index is 10.6. The third-order valence-corrected chi connectivity index (χ3v) is 2.62. The van der Waals surface area contributed by atoms with Crippen molar-refractivity contribution in [3.8, 4) is 0 Å². The van der Waals surface area contributed by atoms with Gasteiger partial charge in [0.1, 0.15) is 6.29 Å². The first-order valence-electron chi connectivity index (χ1n) is 5.86. The summed E-state index contributed by atoms with van der Waals surface area (Å²) in [5, 5.41) is 0. The van der Waals surface area contributed by atoms with Crippen molar-refractivity contribution in [2.45, 2.75) is 26.1 Å². The summed E-state index contributed by atoms with van der Waals surface area (Å²) in [4.78, 5) is 10.6. The minimum absolute atomic E-state index is 0.0141. The van der Waals surface area contributed by atoms with E-state index < -0.39 is 0 Å². The van der Waals surface area contributed by atoms with Crippen LogP contribution in [0.3, 0.4) is 0 Å². The lowest BCUT2D eigenvalue weighted by molar-refractivity contribution is -0.112. The number of carbonyl (C=O) groups is 1. The van der Waals surface area contributed by atoms with Crippen LogP contribution in [0.15, 0.2) is 30.3 Å². The van der Waals surface area contributed by atoms with E-state index in [0.717, 1.165) is 11.8 Å². The molecule has 0 spiro atoms. The number of carbonyl (C=O) groups excluding carboxylic acids is 1. The fourth-order valence-electron chi connectivity index (χ4n) is 1.58. The van der Waals surface area contributed by atoms with Crippen LogP contribution < -0.4 is 0 Å². The van der Waals surface area contributed by atoms with Gasteiger partial charge < -0.3 is 14.3 Å². The molecule has 2 unspecified atom stereocenters. The largest absolute Gasteiger partial charge is 0.379 e. The zero-order chi connectivity index (χ0) is 12.5. The lowest BCUT2D eigenvalue weighted by atomic mass is 10.1. The van der Waals surface area contributed by atoms with Gasteiger partial charge in [-0.3, -0.25) is 0 Å². The molecule has 3 heteroatoms. The fraction of sp³-hybridized carbons (Fsp3) is 0.500. The molecular formula is C14H20O3. The molecule has 3 nitrogen and oxygen atoms in total. The molecule has 0 saturated heterocycles. The van der Waals surface area contributed by atoms with Gasteiger partial charge in [0.05, 0.1) is 19.3 Å². The number of benzene rings is 1. The number of methoxy groups -OCH3 is 1. The summed E-state index contributed by atoms with van der Waals surface area (Å²) >= 11 is 0. The summed E-state index contributed by atoms with van der Waals surface area (Å²) < 4.78 is 10.9. The lowest BCUT2D eigenvalue weighted by Crippen LogP contribution is -2.21. The average Bonchev–Trinajstić information content (AvgIpc) is 2.38. The second-order valence-electron chi connectivity index (χ2n) is 4.21. The molecule has 0 saturated carbocycles. The van der Waals surface area contributed by atoms with Crippen molar-refractivity contribution in [1.82, 2.24) is 0 Å². The molecule has 2 atom stereocenters. The molecule has 0 aliphatic rings. The number of hydrogen-bond donors (Lipinski definition) is 0. The molecule has 0 fully saturated rings. The van der Waals surface area contributed by atoms with E-state index in [2.05, 4.69) is 0 Å². The van der Waals surface area contributed by atoms with Crippen molar-refractivity contribution in [3.63, 3.8) is 0 Å². The lowest BCUT2D eigenvalue weighted by Gasteiger charge is -2.16. The highest BCUT2D eigenvalue weighted by Crippen LogP contribution is 2.08. The highest BCUT2D eigenvalue weighted by molar-refractivity contribution is 5.52. The van der Waals surface area contributed by atoms with E-state index in [9.17, 15) is 4.79 Å². The fourth-order valence-corrected chi connectivity index (χ4v) is 1.58. The predicted octanol–water partition coefficient (Wildman–Crippen LogP) is 2.44. The van der Waals surface area contributed by atoms with Gasteiger partial charge in [-0.25, -0.2) is 0 Å². The molecule has 0 heterocycles. The molecule has 0 aliphatic heterocycles. The average molecular weight is 236 g/mol. The van der Waals surface area contributed by atoms with Gasteiger partial charge in [-0.1, -0.05) is 37.3 Å². The van der Waals surface area contributed by atoms with Crippen LogP contribution in [0.1, 0.15) is 18.9 Å². The number of aldehydes is 1. The van der Waals surface area contributed by atoms with Crippen molar-refractivity contribution < 1.29 is 14.3 Å². The Morgan fingerprint density at radius 2 is 2.00 bits per heavy atom. The minimum atomic E-state index is -0.0149. The Morgan fingerprint density at radius 3 is 2.59 bits per heavy atom. The van der Waals surface area contributed by atoms with Crippen LogP contribution >= 0.6 is 0 Å². The summed E-state index contributed by atoms with van der Waals surface area (Å²) in [5.41, 5.74) is 1.14. The summed E-state index contributed by atoms with van der Waals surface area (Å²) in [6.07, 6.45) is 1.64. The Balaban J connectivity index is 2.26. The first kappa shape index (κ1) is 13.9. The summed E-state index contributed by atoms with van der Waals surface area (Å²) in [5.74, 6) is 0.0141. The van der Waals surface area contributed by atoms with Crippen molar-refractivity contribution in [2.75, 3.05) is 13.7 Å². The zero-order valence-electron chi connectivity index (χ0n) is 10.5. The van der Waals surface area contributed by atoms with Crippen LogP contribution in [0.5, 0.6) is 0 Å². The van der Waals surface area contributed by atoms with Crippen molar-refractivity contribution >= 4 is 6.29 Å². The topological polar surface area (TPSA) is 35.5 Å². The van der Waals surface area contributed by atoms with E-state index in [1.807, 2.05) is 37.3 Å². The maximum Gasteiger partial charge on any atom is 0.122 e. The van der Waals surface area contributed by atoms with E-state index in [1.165, 1.54) is 0 Å². The quantitative estimate of drug-likeness (QED) is 0.650. The second-order valence-corrected chi connectivity index (χ2v) is 4.21. The first-order valence-corrected chi connectivity index (χ1v) is 5.86. The first-order chi connectivity index (χ1) is 8.26. The molecule has 0 radical (unpaired) electrons. The van der Waals surface area contributed by atoms with E-state index in [0.29, 0.717) is 19.6 Å². The molecule has 1 rings (SSSR count). The van der Waals surface area contributed by atoms with Crippen molar-refractivity contribution in [3.05, 3.63) is 35.9 Å². The molecule has 0 bridgehead atoms. The van der Waals surface area contributed by atoms with Crippen LogP contribution in [0.25, 0.3) is 0 Å². The summed E-state index contributed by atoms with van der Waals surface area (Å²) in [6.45, 7) is 2.98. The van der Waals surface area contributed by atoms with E-state index >= 15 is 0 Å². The van der Waals surface area contributed by atoms with Gasteiger partial charge in [0.15, 0.2) is 0 Å². The van der Waals surface area contributed by atoms with Crippen molar-refractivity contribution in [2.24, 2.45) is 5.92 Å². The monoisotopic (exact) mass is 236 g/mol. The summed E-state index contributed by atoms with van der Waals surface area (Å²) in [7, 11) is 1.65. The van der Waals surface area contributed by atoms with Gasteiger partial charge in [0.25, 0.3) is 0 Å². The Bertz CT molecular complexity index is 311. The number of ether oxygens (including phenoxy) is 2. The molecular weight excluding hydrogens is 216 g/mol. The van der Waals surface area contributed by atoms with E-state index in [-0.39, 0.29) is 12.0 Å². The number of hydrogen-bond acceptors (Lipinski definition) is 3. The molecule has 0 aromatic heterocycles. The number of rotatable bonds is 8. The molecule has 0 N–H and O–H groups in total. The molecule has 1 aromatic carbocycles. The summed E-state index contributed by atoms with van der Waals surface area (Å²) in [6, 6.07) is 10.0. The molecule has 94 valence electrons. The van der Waals surface area contributed by atoms with Crippen LogP contribution in [-0.2, 0) is 20.9 Å². The smallest absolute Gasteiger partial charge is 0.122 e.